The summed E-state index contributed by atoms with van der Waals surface area (Å²) in [5, 5.41) is 4.59. The Morgan fingerprint density at radius 2 is 2.00 bits per heavy atom. The predicted octanol–water partition coefficient (Wildman–Crippen LogP) is 1.27. The maximum Gasteiger partial charge on any atom is 0.211 e. The van der Waals surface area contributed by atoms with Crippen LogP contribution in [-0.4, -0.2) is 43.1 Å². The number of sulfonamides is 1. The first-order chi connectivity index (χ1) is 8.86. The molecule has 0 amide bonds. The van der Waals surface area contributed by atoms with Crippen LogP contribution < -0.4 is 5.32 Å². The Morgan fingerprint density at radius 3 is 2.47 bits per heavy atom. The molecule has 0 atom stereocenters. The molecule has 1 saturated heterocycles. The Morgan fingerprint density at radius 1 is 1.37 bits per heavy atom. The quantitative estimate of drug-likeness (QED) is 0.910. The van der Waals surface area contributed by atoms with E-state index in [0.29, 0.717) is 19.1 Å². The average Bonchev–Trinajstić information content (AvgIpc) is 2.66. The van der Waals surface area contributed by atoms with Crippen LogP contribution in [0.1, 0.15) is 28.4 Å². The van der Waals surface area contributed by atoms with E-state index in [-0.39, 0.29) is 0 Å². The molecule has 2 rings (SSSR count). The van der Waals surface area contributed by atoms with Crippen molar-refractivity contribution in [2.24, 2.45) is 0 Å². The third-order valence-corrected chi connectivity index (χ3v) is 5.91. The second-order valence-corrected chi connectivity index (χ2v) is 8.34. The van der Waals surface area contributed by atoms with E-state index in [9.17, 15) is 8.42 Å². The van der Waals surface area contributed by atoms with Gasteiger partial charge in [-0.2, -0.15) is 0 Å². The van der Waals surface area contributed by atoms with Crippen LogP contribution in [0.4, 0.5) is 0 Å². The predicted molar refractivity (Wildman–Crippen MR) is 77.9 cm³/mol. The molecule has 1 aromatic rings. The fraction of sp³-hybridized carbons (Fsp3) is 0.750. The Bertz CT molecular complexity index is 512. The topological polar surface area (TPSA) is 62.3 Å². The van der Waals surface area contributed by atoms with Crippen LogP contribution in [0.2, 0.25) is 0 Å². The van der Waals surface area contributed by atoms with Crippen LogP contribution in [0, 0.1) is 13.8 Å². The summed E-state index contributed by atoms with van der Waals surface area (Å²) >= 11 is 1.73. The third-order valence-electron chi connectivity index (χ3n) is 3.54. The zero-order valence-electron chi connectivity index (χ0n) is 11.6. The molecule has 0 unspecified atom stereocenters. The standard InChI is InChI=1S/C12H21N3O2S2/c1-9-10(2)18-12(14-9)8-13-11-4-6-15(7-5-11)19(3,16)17/h11,13H,4-8H2,1-3H3. The third kappa shape index (κ3) is 3.98. The number of nitrogens with one attached hydrogen (secondary N) is 1. The largest absolute Gasteiger partial charge is 0.308 e. The molecule has 5 nitrogen and oxygen atoms in total. The van der Waals surface area contributed by atoms with Crippen molar-refractivity contribution in [2.45, 2.75) is 39.3 Å². The van der Waals surface area contributed by atoms with Gasteiger partial charge in [-0.1, -0.05) is 0 Å². The lowest BCUT2D eigenvalue weighted by Crippen LogP contribution is -2.44. The van der Waals surface area contributed by atoms with Gasteiger partial charge in [0.1, 0.15) is 5.01 Å². The van der Waals surface area contributed by atoms with Crippen molar-refractivity contribution in [3.8, 4) is 0 Å². The van der Waals surface area contributed by atoms with Gasteiger partial charge in [0.05, 0.1) is 11.9 Å². The molecule has 19 heavy (non-hydrogen) atoms. The van der Waals surface area contributed by atoms with Gasteiger partial charge in [0.2, 0.25) is 10.0 Å². The zero-order chi connectivity index (χ0) is 14.0. The number of rotatable bonds is 4. The number of hydrogen-bond acceptors (Lipinski definition) is 5. The number of thiazole rings is 1. The van der Waals surface area contributed by atoms with Gasteiger partial charge in [-0.25, -0.2) is 17.7 Å². The second-order valence-electron chi connectivity index (χ2n) is 5.07. The van der Waals surface area contributed by atoms with Crippen LogP contribution >= 0.6 is 11.3 Å². The van der Waals surface area contributed by atoms with Crippen molar-refractivity contribution in [2.75, 3.05) is 19.3 Å². The Balaban J connectivity index is 1.80. The normalized spacial score (nSPS) is 18.9. The second kappa shape index (κ2) is 5.87. The molecule has 0 aliphatic carbocycles. The van der Waals surface area contributed by atoms with E-state index in [1.807, 2.05) is 6.92 Å². The Hall–Kier alpha value is -0.500. The average molecular weight is 303 g/mol. The van der Waals surface area contributed by atoms with E-state index in [1.54, 1.807) is 15.6 Å². The molecule has 1 fully saturated rings. The van der Waals surface area contributed by atoms with Crippen molar-refractivity contribution in [3.63, 3.8) is 0 Å². The van der Waals surface area contributed by atoms with Gasteiger partial charge in [0, 0.05) is 30.6 Å². The number of piperidine rings is 1. The van der Waals surface area contributed by atoms with Crippen LogP contribution in [-0.2, 0) is 16.6 Å². The summed E-state index contributed by atoms with van der Waals surface area (Å²) < 4.78 is 24.4. The van der Waals surface area contributed by atoms with Crippen LogP contribution in [0.3, 0.4) is 0 Å². The van der Waals surface area contributed by atoms with Crippen molar-refractivity contribution in [1.82, 2.24) is 14.6 Å². The summed E-state index contributed by atoms with van der Waals surface area (Å²) in [6.07, 6.45) is 3.02. The number of hydrogen-bond donors (Lipinski definition) is 1. The van der Waals surface area contributed by atoms with E-state index >= 15 is 0 Å². The van der Waals surface area contributed by atoms with Crippen molar-refractivity contribution < 1.29 is 8.42 Å². The summed E-state index contributed by atoms with van der Waals surface area (Å²) in [5.74, 6) is 0. The van der Waals surface area contributed by atoms with Gasteiger partial charge in [0.15, 0.2) is 0 Å². The minimum atomic E-state index is -3.02. The zero-order valence-corrected chi connectivity index (χ0v) is 13.3. The summed E-state index contributed by atoms with van der Waals surface area (Å²) in [4.78, 5) is 5.77. The van der Waals surface area contributed by atoms with Crippen LogP contribution in [0.25, 0.3) is 0 Å². The number of nitrogens with zero attached hydrogens (tertiary/aromatic N) is 2. The van der Waals surface area contributed by atoms with Crippen LogP contribution in [0.15, 0.2) is 0 Å². The molecule has 0 aromatic carbocycles. The van der Waals surface area contributed by atoms with Gasteiger partial charge in [-0.3, -0.25) is 0 Å². The lowest BCUT2D eigenvalue weighted by Gasteiger charge is -2.30. The SMILES string of the molecule is Cc1nc(CNC2CCN(S(C)(=O)=O)CC2)sc1C. The molecule has 1 N–H and O–H groups in total. The highest BCUT2D eigenvalue weighted by atomic mass is 32.2. The first-order valence-corrected chi connectivity index (χ1v) is 9.14. The lowest BCUT2D eigenvalue weighted by atomic mass is 10.1. The maximum absolute atomic E-state index is 11.4. The van der Waals surface area contributed by atoms with Crippen LogP contribution in [0.5, 0.6) is 0 Å². The minimum absolute atomic E-state index is 0.391. The van der Waals surface area contributed by atoms with Crippen molar-refractivity contribution in [1.29, 1.82) is 0 Å². The molecule has 0 spiro atoms. The van der Waals surface area contributed by atoms with Gasteiger partial charge in [-0.15, -0.1) is 11.3 Å². The van der Waals surface area contributed by atoms with Gasteiger partial charge >= 0.3 is 0 Å². The van der Waals surface area contributed by atoms with E-state index in [1.165, 1.54) is 11.1 Å². The van der Waals surface area contributed by atoms with E-state index < -0.39 is 10.0 Å². The summed E-state index contributed by atoms with van der Waals surface area (Å²) in [7, 11) is -3.02. The number of aromatic nitrogens is 1. The highest BCUT2D eigenvalue weighted by Gasteiger charge is 2.24. The fourth-order valence-corrected chi connectivity index (χ4v) is 4.00. The summed E-state index contributed by atoms with van der Waals surface area (Å²) in [6.45, 7) is 6.13. The lowest BCUT2D eigenvalue weighted by molar-refractivity contribution is 0.290. The first-order valence-electron chi connectivity index (χ1n) is 6.47. The molecule has 1 aliphatic rings. The molecule has 1 aliphatic heterocycles. The summed E-state index contributed by atoms with van der Waals surface area (Å²) in [6, 6.07) is 0.391. The first kappa shape index (κ1) is 14.9. The monoisotopic (exact) mass is 303 g/mol. The molecule has 2 heterocycles. The molecule has 7 heteroatoms. The minimum Gasteiger partial charge on any atom is -0.308 e. The highest BCUT2D eigenvalue weighted by Crippen LogP contribution is 2.18. The van der Waals surface area contributed by atoms with Gasteiger partial charge in [-0.05, 0) is 26.7 Å². The smallest absolute Gasteiger partial charge is 0.211 e. The van der Waals surface area contributed by atoms with E-state index in [0.717, 1.165) is 30.1 Å². The van der Waals surface area contributed by atoms with E-state index in [2.05, 4.69) is 17.2 Å². The van der Waals surface area contributed by atoms with Crippen molar-refractivity contribution in [3.05, 3.63) is 15.6 Å². The molecule has 0 bridgehead atoms. The van der Waals surface area contributed by atoms with Gasteiger partial charge < -0.3 is 5.32 Å². The van der Waals surface area contributed by atoms with E-state index in [4.69, 9.17) is 0 Å². The molecule has 108 valence electrons. The highest BCUT2D eigenvalue weighted by molar-refractivity contribution is 7.88. The molecular formula is C12H21N3O2S2. The Kier molecular flexibility index (Phi) is 4.60. The molecular weight excluding hydrogens is 282 g/mol. The van der Waals surface area contributed by atoms with Crippen molar-refractivity contribution >= 4 is 21.4 Å². The van der Waals surface area contributed by atoms with Gasteiger partial charge in [0.25, 0.3) is 0 Å². The molecule has 0 radical (unpaired) electrons. The fourth-order valence-electron chi connectivity index (χ4n) is 2.24. The Labute approximate surface area is 119 Å². The summed E-state index contributed by atoms with van der Waals surface area (Å²) in [5.41, 5.74) is 1.11. The molecule has 1 aromatic heterocycles. The maximum atomic E-state index is 11.4. The molecule has 0 saturated carbocycles. The number of aryl methyl sites for hydroxylation is 2.